The molecule has 0 saturated carbocycles. The number of carbonyl (C=O) groups is 1. The summed E-state index contributed by atoms with van der Waals surface area (Å²) in [5.41, 5.74) is 5.96. The number of carbonyl (C=O) groups excluding carboxylic acids is 1. The molecule has 2 rings (SSSR count). The number of anilines is 2. The molecule has 5 heteroatoms. The van der Waals surface area contributed by atoms with E-state index in [2.05, 4.69) is 0 Å². The Kier molecular flexibility index (Phi) is 3.98. The van der Waals surface area contributed by atoms with Gasteiger partial charge in [0.2, 0.25) is 0 Å². The Morgan fingerprint density at radius 2 is 1.95 bits per heavy atom. The molecule has 2 aromatic rings. The van der Waals surface area contributed by atoms with Crippen LogP contribution in [-0.2, 0) is 0 Å². The Bertz CT molecular complexity index is 644. The van der Waals surface area contributed by atoms with Crippen molar-refractivity contribution >= 4 is 17.3 Å². The summed E-state index contributed by atoms with van der Waals surface area (Å²) in [4.78, 5) is 13.7. The van der Waals surface area contributed by atoms with Gasteiger partial charge < -0.3 is 10.6 Å². The SMILES string of the molecule is CCN(C(=O)c1ccc(N)c(F)c1)c1cccc(F)c1. The van der Waals surface area contributed by atoms with Gasteiger partial charge in [-0.25, -0.2) is 8.78 Å². The van der Waals surface area contributed by atoms with Gasteiger partial charge in [0.05, 0.1) is 5.69 Å². The summed E-state index contributed by atoms with van der Waals surface area (Å²) >= 11 is 0. The van der Waals surface area contributed by atoms with Crippen molar-refractivity contribution in [2.45, 2.75) is 6.92 Å². The largest absolute Gasteiger partial charge is 0.396 e. The minimum absolute atomic E-state index is 0.0182. The molecule has 2 N–H and O–H groups in total. The van der Waals surface area contributed by atoms with Crippen molar-refractivity contribution in [1.82, 2.24) is 0 Å². The minimum Gasteiger partial charge on any atom is -0.396 e. The molecular weight excluding hydrogens is 262 g/mol. The van der Waals surface area contributed by atoms with E-state index in [1.54, 1.807) is 13.0 Å². The molecule has 0 aliphatic heterocycles. The molecule has 2 aromatic carbocycles. The Hall–Kier alpha value is -2.43. The van der Waals surface area contributed by atoms with Gasteiger partial charge in [0.25, 0.3) is 5.91 Å². The van der Waals surface area contributed by atoms with Crippen LogP contribution in [0.15, 0.2) is 42.5 Å². The summed E-state index contributed by atoms with van der Waals surface area (Å²) < 4.78 is 26.6. The van der Waals surface area contributed by atoms with E-state index in [9.17, 15) is 13.6 Å². The van der Waals surface area contributed by atoms with E-state index >= 15 is 0 Å². The third-order valence-electron chi connectivity index (χ3n) is 2.93. The van der Waals surface area contributed by atoms with E-state index in [1.807, 2.05) is 0 Å². The maximum Gasteiger partial charge on any atom is 0.258 e. The summed E-state index contributed by atoms with van der Waals surface area (Å²) in [5, 5.41) is 0. The van der Waals surface area contributed by atoms with Gasteiger partial charge in [0.1, 0.15) is 11.6 Å². The lowest BCUT2D eigenvalue weighted by molar-refractivity contribution is 0.0988. The molecule has 20 heavy (non-hydrogen) atoms. The zero-order valence-corrected chi connectivity index (χ0v) is 10.9. The number of hydrogen-bond donors (Lipinski definition) is 1. The number of nitrogens with zero attached hydrogens (tertiary/aromatic N) is 1. The number of hydrogen-bond acceptors (Lipinski definition) is 2. The van der Waals surface area contributed by atoms with Crippen LogP contribution >= 0.6 is 0 Å². The zero-order valence-electron chi connectivity index (χ0n) is 10.9. The van der Waals surface area contributed by atoms with Crippen molar-refractivity contribution in [2.75, 3.05) is 17.2 Å². The van der Waals surface area contributed by atoms with Crippen LogP contribution in [0.3, 0.4) is 0 Å². The molecule has 0 atom stereocenters. The highest BCUT2D eigenvalue weighted by Crippen LogP contribution is 2.20. The number of nitrogen functional groups attached to an aromatic ring is 1. The van der Waals surface area contributed by atoms with E-state index in [1.165, 1.54) is 35.2 Å². The van der Waals surface area contributed by atoms with Crippen LogP contribution in [0.5, 0.6) is 0 Å². The molecule has 1 amide bonds. The molecular formula is C15H14F2N2O. The van der Waals surface area contributed by atoms with Crippen LogP contribution in [-0.4, -0.2) is 12.5 Å². The quantitative estimate of drug-likeness (QED) is 0.875. The van der Waals surface area contributed by atoms with Gasteiger partial charge in [0, 0.05) is 17.8 Å². The maximum atomic E-state index is 13.4. The van der Waals surface area contributed by atoms with Gasteiger partial charge in [0.15, 0.2) is 0 Å². The fourth-order valence-corrected chi connectivity index (χ4v) is 1.90. The number of amides is 1. The molecule has 0 radical (unpaired) electrons. The Morgan fingerprint density at radius 3 is 2.55 bits per heavy atom. The van der Waals surface area contributed by atoms with E-state index in [4.69, 9.17) is 5.73 Å². The lowest BCUT2D eigenvalue weighted by Gasteiger charge is -2.21. The van der Waals surface area contributed by atoms with Crippen molar-refractivity contribution in [3.8, 4) is 0 Å². The summed E-state index contributed by atoms with van der Waals surface area (Å²) in [7, 11) is 0. The second-order valence-electron chi connectivity index (χ2n) is 4.27. The summed E-state index contributed by atoms with van der Waals surface area (Å²) in [5.74, 6) is -1.49. The summed E-state index contributed by atoms with van der Waals surface area (Å²) in [6.45, 7) is 2.10. The number of benzene rings is 2. The highest BCUT2D eigenvalue weighted by molar-refractivity contribution is 6.06. The van der Waals surface area contributed by atoms with Gasteiger partial charge in [-0.2, -0.15) is 0 Å². The van der Waals surface area contributed by atoms with Gasteiger partial charge in [-0.15, -0.1) is 0 Å². The topological polar surface area (TPSA) is 46.3 Å². The van der Waals surface area contributed by atoms with Crippen molar-refractivity contribution in [3.05, 3.63) is 59.7 Å². The molecule has 0 heterocycles. The molecule has 0 aliphatic carbocycles. The Morgan fingerprint density at radius 1 is 1.20 bits per heavy atom. The second kappa shape index (κ2) is 5.69. The fourth-order valence-electron chi connectivity index (χ4n) is 1.90. The van der Waals surface area contributed by atoms with Crippen molar-refractivity contribution in [3.63, 3.8) is 0 Å². The molecule has 3 nitrogen and oxygen atoms in total. The van der Waals surface area contributed by atoms with Crippen LogP contribution in [0.4, 0.5) is 20.2 Å². The molecule has 0 aliphatic rings. The molecule has 0 spiro atoms. The van der Waals surface area contributed by atoms with Crippen molar-refractivity contribution < 1.29 is 13.6 Å². The van der Waals surface area contributed by atoms with Crippen LogP contribution in [0.1, 0.15) is 17.3 Å². The maximum absolute atomic E-state index is 13.4. The van der Waals surface area contributed by atoms with Crippen LogP contribution < -0.4 is 10.6 Å². The average Bonchev–Trinajstić information content (AvgIpc) is 2.42. The normalized spacial score (nSPS) is 10.3. The molecule has 0 aromatic heterocycles. The summed E-state index contributed by atoms with van der Waals surface area (Å²) in [6, 6.07) is 9.56. The summed E-state index contributed by atoms with van der Waals surface area (Å²) in [6.07, 6.45) is 0. The lowest BCUT2D eigenvalue weighted by atomic mass is 10.1. The van der Waals surface area contributed by atoms with Gasteiger partial charge in [-0.3, -0.25) is 4.79 Å². The van der Waals surface area contributed by atoms with E-state index in [-0.39, 0.29) is 11.3 Å². The predicted molar refractivity (Wildman–Crippen MR) is 74.6 cm³/mol. The third kappa shape index (κ3) is 2.77. The monoisotopic (exact) mass is 276 g/mol. The van der Waals surface area contributed by atoms with E-state index < -0.39 is 17.5 Å². The predicted octanol–water partition coefficient (Wildman–Crippen LogP) is 3.21. The van der Waals surface area contributed by atoms with E-state index in [0.29, 0.717) is 12.2 Å². The number of rotatable bonds is 3. The molecule has 0 bridgehead atoms. The first-order valence-corrected chi connectivity index (χ1v) is 6.15. The van der Waals surface area contributed by atoms with Crippen molar-refractivity contribution in [2.24, 2.45) is 0 Å². The molecule has 0 fully saturated rings. The number of nitrogens with two attached hydrogens (primary N) is 1. The van der Waals surface area contributed by atoms with Crippen LogP contribution in [0, 0.1) is 11.6 Å². The van der Waals surface area contributed by atoms with Gasteiger partial charge in [-0.1, -0.05) is 6.07 Å². The smallest absolute Gasteiger partial charge is 0.258 e. The van der Waals surface area contributed by atoms with Crippen molar-refractivity contribution in [1.29, 1.82) is 0 Å². The average molecular weight is 276 g/mol. The lowest BCUT2D eigenvalue weighted by Crippen LogP contribution is -2.30. The fraction of sp³-hybridized carbons (Fsp3) is 0.133. The van der Waals surface area contributed by atoms with E-state index in [0.717, 1.165) is 6.07 Å². The van der Waals surface area contributed by atoms with Gasteiger partial charge in [-0.05, 0) is 43.3 Å². The first-order valence-electron chi connectivity index (χ1n) is 6.15. The highest BCUT2D eigenvalue weighted by atomic mass is 19.1. The van der Waals surface area contributed by atoms with Crippen LogP contribution in [0.25, 0.3) is 0 Å². The molecule has 104 valence electrons. The number of halogens is 2. The van der Waals surface area contributed by atoms with Gasteiger partial charge >= 0.3 is 0 Å². The second-order valence-corrected chi connectivity index (χ2v) is 4.27. The zero-order chi connectivity index (χ0) is 14.7. The highest BCUT2D eigenvalue weighted by Gasteiger charge is 2.17. The minimum atomic E-state index is -0.647. The first-order chi connectivity index (χ1) is 9.52. The Balaban J connectivity index is 2.36. The molecule has 0 unspecified atom stereocenters. The standard InChI is InChI=1S/C15H14F2N2O/c1-2-19(12-5-3-4-11(16)9-12)15(20)10-6-7-14(18)13(17)8-10/h3-9H,2,18H2,1H3. The Labute approximate surface area is 115 Å². The first kappa shape index (κ1) is 14.0. The molecule has 0 saturated heterocycles. The third-order valence-corrected chi connectivity index (χ3v) is 2.93. The van der Waals surface area contributed by atoms with Crippen LogP contribution in [0.2, 0.25) is 0 Å².